The molecule has 2 aliphatic rings. The van der Waals surface area contributed by atoms with Crippen molar-refractivity contribution in [3.8, 4) is 6.01 Å². The molecule has 0 aliphatic carbocycles. The van der Waals surface area contributed by atoms with E-state index in [0.29, 0.717) is 17.6 Å². The Bertz CT molecular complexity index is 727. The first kappa shape index (κ1) is 17.9. The van der Waals surface area contributed by atoms with Gasteiger partial charge in [-0.25, -0.2) is 9.97 Å². The molecule has 0 spiro atoms. The topological polar surface area (TPSA) is 71.5 Å². The van der Waals surface area contributed by atoms with Gasteiger partial charge in [-0.3, -0.25) is 14.7 Å². The van der Waals surface area contributed by atoms with Crippen LogP contribution in [0.15, 0.2) is 43.0 Å². The molecule has 2 saturated heterocycles. The zero-order valence-electron chi connectivity index (χ0n) is 15.4. The lowest BCUT2D eigenvalue weighted by atomic mass is 9.98. The van der Waals surface area contributed by atoms with Gasteiger partial charge in [0.2, 0.25) is 0 Å². The second kappa shape index (κ2) is 8.43. The molecule has 0 bridgehead atoms. The highest BCUT2D eigenvalue weighted by molar-refractivity contribution is 5.93. The van der Waals surface area contributed by atoms with Gasteiger partial charge in [-0.15, -0.1) is 0 Å². The number of pyridine rings is 1. The summed E-state index contributed by atoms with van der Waals surface area (Å²) >= 11 is 0. The first-order chi connectivity index (χ1) is 13.3. The van der Waals surface area contributed by atoms with Gasteiger partial charge in [0.05, 0.1) is 5.56 Å². The van der Waals surface area contributed by atoms with Crippen molar-refractivity contribution in [3.63, 3.8) is 0 Å². The second-order valence-electron chi connectivity index (χ2n) is 7.15. The zero-order valence-corrected chi connectivity index (χ0v) is 15.4. The number of rotatable bonds is 4. The highest BCUT2D eigenvalue weighted by atomic mass is 16.5. The first-order valence-corrected chi connectivity index (χ1v) is 9.66. The van der Waals surface area contributed by atoms with Crippen molar-refractivity contribution < 1.29 is 9.53 Å². The quantitative estimate of drug-likeness (QED) is 0.823. The SMILES string of the molecule is O=C(c1cccnc1)N1CCC(N2CCC(Oc3ncccn3)CC2)CC1. The van der Waals surface area contributed by atoms with Crippen LogP contribution in [0.1, 0.15) is 36.0 Å². The number of amides is 1. The zero-order chi connectivity index (χ0) is 18.5. The number of likely N-dealkylation sites (tertiary alicyclic amines) is 2. The summed E-state index contributed by atoms with van der Waals surface area (Å²) in [6.45, 7) is 3.68. The van der Waals surface area contributed by atoms with Crippen LogP contribution < -0.4 is 4.74 Å². The lowest BCUT2D eigenvalue weighted by Crippen LogP contribution is -2.50. The van der Waals surface area contributed by atoms with Crippen LogP contribution in [-0.4, -0.2) is 69.0 Å². The Hall–Kier alpha value is -2.54. The Balaban J connectivity index is 1.23. The Morgan fingerprint density at radius 3 is 2.37 bits per heavy atom. The summed E-state index contributed by atoms with van der Waals surface area (Å²) in [5, 5.41) is 0. The Morgan fingerprint density at radius 1 is 0.963 bits per heavy atom. The number of ether oxygens (including phenoxy) is 1. The van der Waals surface area contributed by atoms with Crippen molar-refractivity contribution in [2.75, 3.05) is 26.2 Å². The van der Waals surface area contributed by atoms with Crippen molar-refractivity contribution in [1.29, 1.82) is 0 Å². The number of hydrogen-bond donors (Lipinski definition) is 0. The van der Waals surface area contributed by atoms with Gasteiger partial charge in [0.25, 0.3) is 5.91 Å². The minimum Gasteiger partial charge on any atom is -0.460 e. The fraction of sp³-hybridized carbons (Fsp3) is 0.500. The maximum atomic E-state index is 12.5. The molecule has 0 radical (unpaired) electrons. The van der Waals surface area contributed by atoms with Crippen molar-refractivity contribution in [2.45, 2.75) is 37.8 Å². The summed E-state index contributed by atoms with van der Waals surface area (Å²) in [7, 11) is 0. The number of nitrogens with zero attached hydrogens (tertiary/aromatic N) is 5. The van der Waals surface area contributed by atoms with Crippen molar-refractivity contribution in [2.24, 2.45) is 0 Å². The minimum absolute atomic E-state index is 0.0940. The van der Waals surface area contributed by atoms with Gasteiger partial charge in [-0.2, -0.15) is 0 Å². The molecule has 1 amide bonds. The predicted molar refractivity (Wildman–Crippen MR) is 100 cm³/mol. The number of carbonyl (C=O) groups is 1. The van der Waals surface area contributed by atoms with Crippen molar-refractivity contribution in [1.82, 2.24) is 24.8 Å². The smallest absolute Gasteiger partial charge is 0.316 e. The van der Waals surface area contributed by atoms with Gasteiger partial charge in [0.1, 0.15) is 6.10 Å². The number of piperidine rings is 2. The number of hydrogen-bond acceptors (Lipinski definition) is 6. The van der Waals surface area contributed by atoms with Crippen molar-refractivity contribution in [3.05, 3.63) is 48.5 Å². The fourth-order valence-electron chi connectivity index (χ4n) is 3.96. The van der Waals surface area contributed by atoms with Gasteiger partial charge in [0.15, 0.2) is 0 Å². The molecule has 0 unspecified atom stereocenters. The average Bonchev–Trinajstić information content (AvgIpc) is 2.75. The van der Waals surface area contributed by atoms with Crippen LogP contribution in [0.25, 0.3) is 0 Å². The van der Waals surface area contributed by atoms with Crippen LogP contribution in [0.5, 0.6) is 6.01 Å². The van der Waals surface area contributed by atoms with E-state index < -0.39 is 0 Å². The normalized spacial score (nSPS) is 19.8. The molecule has 4 heterocycles. The molecule has 7 heteroatoms. The van der Waals surface area contributed by atoms with Gasteiger partial charge < -0.3 is 9.64 Å². The highest BCUT2D eigenvalue weighted by Crippen LogP contribution is 2.23. The highest BCUT2D eigenvalue weighted by Gasteiger charge is 2.30. The molecule has 2 aliphatic heterocycles. The number of aromatic nitrogens is 3. The van der Waals surface area contributed by atoms with Gasteiger partial charge in [-0.1, -0.05) is 0 Å². The third-order valence-corrected chi connectivity index (χ3v) is 5.47. The monoisotopic (exact) mass is 367 g/mol. The lowest BCUT2D eigenvalue weighted by Gasteiger charge is -2.41. The van der Waals surface area contributed by atoms with Gasteiger partial charge in [-0.05, 0) is 43.9 Å². The minimum atomic E-state index is 0.0940. The number of carbonyl (C=O) groups excluding carboxylic acids is 1. The summed E-state index contributed by atoms with van der Waals surface area (Å²) in [6, 6.07) is 6.46. The molecule has 7 nitrogen and oxygen atoms in total. The van der Waals surface area contributed by atoms with E-state index in [4.69, 9.17) is 4.74 Å². The summed E-state index contributed by atoms with van der Waals surface area (Å²) in [5.74, 6) is 0.0940. The summed E-state index contributed by atoms with van der Waals surface area (Å²) in [4.78, 5) is 29.4. The van der Waals surface area contributed by atoms with E-state index in [1.165, 1.54) is 0 Å². The molecule has 142 valence electrons. The third kappa shape index (κ3) is 4.42. The molecule has 0 saturated carbocycles. The van der Waals surface area contributed by atoms with Crippen LogP contribution in [-0.2, 0) is 0 Å². The third-order valence-electron chi connectivity index (χ3n) is 5.47. The Labute approximate surface area is 159 Å². The Morgan fingerprint density at radius 2 is 1.70 bits per heavy atom. The maximum absolute atomic E-state index is 12.5. The van der Waals surface area contributed by atoms with Crippen LogP contribution in [0.3, 0.4) is 0 Å². The molecule has 27 heavy (non-hydrogen) atoms. The van der Waals surface area contributed by atoms with E-state index in [1.807, 2.05) is 17.0 Å². The van der Waals surface area contributed by atoms with E-state index in [2.05, 4.69) is 19.9 Å². The summed E-state index contributed by atoms with van der Waals surface area (Å²) in [5.41, 5.74) is 0.678. The van der Waals surface area contributed by atoms with Crippen LogP contribution in [0.4, 0.5) is 0 Å². The van der Waals surface area contributed by atoms with Crippen molar-refractivity contribution >= 4 is 5.91 Å². The Kier molecular flexibility index (Phi) is 5.58. The summed E-state index contributed by atoms with van der Waals surface area (Å²) < 4.78 is 5.88. The molecule has 2 aromatic rings. The second-order valence-corrected chi connectivity index (χ2v) is 7.15. The molecule has 0 aromatic carbocycles. The fourth-order valence-corrected chi connectivity index (χ4v) is 3.96. The lowest BCUT2D eigenvalue weighted by molar-refractivity contribution is 0.0403. The molecule has 2 aromatic heterocycles. The predicted octanol–water partition coefficient (Wildman–Crippen LogP) is 2.02. The average molecular weight is 367 g/mol. The van der Waals surface area contributed by atoms with E-state index in [1.54, 1.807) is 30.9 Å². The molecule has 0 atom stereocenters. The van der Waals surface area contributed by atoms with E-state index >= 15 is 0 Å². The van der Waals surface area contributed by atoms with Crippen LogP contribution in [0, 0.1) is 0 Å². The molecular formula is C20H25N5O2. The molecule has 4 rings (SSSR count). The summed E-state index contributed by atoms with van der Waals surface area (Å²) in [6.07, 6.45) is 11.0. The standard InChI is InChI=1S/C20H25N5O2/c26-19(16-3-1-8-21-15-16)25-11-4-17(5-12-25)24-13-6-18(7-14-24)27-20-22-9-2-10-23-20/h1-3,8-10,15,17-18H,4-7,11-14H2. The first-order valence-electron chi connectivity index (χ1n) is 9.66. The van der Waals surface area contributed by atoms with Gasteiger partial charge in [0, 0.05) is 57.0 Å². The van der Waals surface area contributed by atoms with Crippen LogP contribution in [0.2, 0.25) is 0 Å². The largest absolute Gasteiger partial charge is 0.460 e. The van der Waals surface area contributed by atoms with E-state index in [-0.39, 0.29) is 12.0 Å². The van der Waals surface area contributed by atoms with E-state index in [9.17, 15) is 4.79 Å². The molecule has 2 fully saturated rings. The van der Waals surface area contributed by atoms with Crippen LogP contribution >= 0.6 is 0 Å². The van der Waals surface area contributed by atoms with E-state index in [0.717, 1.165) is 51.9 Å². The molecular weight excluding hydrogens is 342 g/mol. The van der Waals surface area contributed by atoms with Gasteiger partial charge >= 0.3 is 6.01 Å². The maximum Gasteiger partial charge on any atom is 0.316 e. The molecule has 0 N–H and O–H groups in total.